The molecule has 0 bridgehead atoms. The second-order valence-electron chi connectivity index (χ2n) is 6.55. The van der Waals surface area contributed by atoms with E-state index in [-0.39, 0.29) is 31.4 Å². The van der Waals surface area contributed by atoms with Gasteiger partial charge in [-0.2, -0.15) is 0 Å². The predicted octanol–water partition coefficient (Wildman–Crippen LogP) is 3.34. The largest absolute Gasteiger partial charge is 0.468 e. The highest BCUT2D eigenvalue weighted by Crippen LogP contribution is 2.40. The minimum absolute atomic E-state index is 0.0255. The van der Waals surface area contributed by atoms with Crippen LogP contribution in [-0.2, 0) is 30.2 Å². The number of hydrogen-bond acceptors (Lipinski definition) is 6. The molecule has 1 aliphatic rings. The maximum atomic E-state index is 14.5. The molecular formula is C21H23FO6. The Kier molecular flexibility index (Phi) is 6.26. The number of aryl methyl sites for hydroxylation is 1. The number of hydrogen-bond donors (Lipinski definition) is 0. The number of fused-ring (bicyclic) bond motifs is 1. The van der Waals surface area contributed by atoms with Crippen LogP contribution < -0.4 is 4.74 Å². The Morgan fingerprint density at radius 3 is 2.75 bits per heavy atom. The number of esters is 1. The fourth-order valence-corrected chi connectivity index (χ4v) is 3.66. The number of halogens is 1. The molecule has 2 aromatic carbocycles. The Balaban J connectivity index is 2.24. The van der Waals surface area contributed by atoms with E-state index in [2.05, 4.69) is 0 Å². The lowest BCUT2D eigenvalue weighted by molar-refractivity contribution is -0.161. The van der Waals surface area contributed by atoms with Crippen LogP contribution in [0.4, 0.5) is 4.39 Å². The summed E-state index contributed by atoms with van der Waals surface area (Å²) in [6.45, 7) is 2.05. The average molecular weight is 390 g/mol. The van der Waals surface area contributed by atoms with Crippen molar-refractivity contribution in [3.63, 3.8) is 0 Å². The number of ether oxygens (including phenoxy) is 4. The van der Waals surface area contributed by atoms with E-state index in [0.717, 1.165) is 5.39 Å². The van der Waals surface area contributed by atoms with E-state index in [1.165, 1.54) is 20.3 Å². The molecule has 0 amide bonds. The molecule has 0 spiro atoms. The first-order chi connectivity index (χ1) is 13.5. The molecule has 1 fully saturated rings. The van der Waals surface area contributed by atoms with Crippen molar-refractivity contribution < 1.29 is 32.9 Å². The SMILES string of the molecule is CCc1c(F)ccc2cc(OCOC)cc(C3OCCC(=O)C3C(=O)OC)c12. The molecule has 2 unspecified atom stereocenters. The van der Waals surface area contributed by atoms with Crippen molar-refractivity contribution in [2.24, 2.45) is 5.92 Å². The molecule has 6 nitrogen and oxygen atoms in total. The first-order valence-corrected chi connectivity index (χ1v) is 9.10. The maximum absolute atomic E-state index is 14.5. The van der Waals surface area contributed by atoms with Crippen molar-refractivity contribution in [2.45, 2.75) is 25.9 Å². The monoisotopic (exact) mass is 390 g/mol. The summed E-state index contributed by atoms with van der Waals surface area (Å²) in [5.74, 6) is -1.90. The normalized spacial score (nSPS) is 19.6. The molecule has 0 N–H and O–H groups in total. The third-order valence-corrected chi connectivity index (χ3v) is 4.93. The van der Waals surface area contributed by atoms with Crippen molar-refractivity contribution >= 4 is 22.5 Å². The molecule has 0 radical (unpaired) electrons. The standard InChI is InChI=1S/C21H23FO6/c1-4-14-16(22)6-5-12-9-13(28-11-25-2)10-15(18(12)14)20-19(21(24)26-3)17(23)7-8-27-20/h5-6,9-10,19-20H,4,7-8,11H2,1-3H3. The van der Waals surface area contributed by atoms with Crippen molar-refractivity contribution in [3.8, 4) is 5.75 Å². The van der Waals surface area contributed by atoms with Gasteiger partial charge in [0.1, 0.15) is 23.6 Å². The Morgan fingerprint density at radius 1 is 1.29 bits per heavy atom. The van der Waals surface area contributed by atoms with Gasteiger partial charge in [-0.15, -0.1) is 0 Å². The molecule has 0 aliphatic carbocycles. The van der Waals surface area contributed by atoms with Gasteiger partial charge in [0.05, 0.1) is 13.7 Å². The molecule has 7 heteroatoms. The molecule has 2 atom stereocenters. The number of methoxy groups -OCH3 is 2. The Bertz CT molecular complexity index is 886. The highest BCUT2D eigenvalue weighted by Gasteiger charge is 2.41. The highest BCUT2D eigenvalue weighted by atomic mass is 19.1. The predicted molar refractivity (Wildman–Crippen MR) is 99.6 cm³/mol. The Labute approximate surface area is 162 Å². The lowest BCUT2D eigenvalue weighted by Gasteiger charge is -2.30. The highest BCUT2D eigenvalue weighted by molar-refractivity contribution is 6.01. The van der Waals surface area contributed by atoms with Crippen LogP contribution in [0.3, 0.4) is 0 Å². The van der Waals surface area contributed by atoms with Crippen LogP contribution in [0.1, 0.15) is 30.6 Å². The summed E-state index contributed by atoms with van der Waals surface area (Å²) in [5.41, 5.74) is 1.03. The Morgan fingerprint density at radius 2 is 2.07 bits per heavy atom. The van der Waals surface area contributed by atoms with Gasteiger partial charge in [0.25, 0.3) is 0 Å². The van der Waals surface area contributed by atoms with Gasteiger partial charge in [0.2, 0.25) is 0 Å². The number of rotatable bonds is 6. The quantitative estimate of drug-likeness (QED) is 0.428. The maximum Gasteiger partial charge on any atom is 0.319 e. The van der Waals surface area contributed by atoms with Crippen molar-refractivity contribution in [1.29, 1.82) is 0 Å². The molecule has 1 heterocycles. The fourth-order valence-electron chi connectivity index (χ4n) is 3.66. The van der Waals surface area contributed by atoms with Crippen LogP contribution in [0.25, 0.3) is 10.8 Å². The second-order valence-corrected chi connectivity index (χ2v) is 6.55. The zero-order chi connectivity index (χ0) is 20.3. The topological polar surface area (TPSA) is 71.1 Å². The van der Waals surface area contributed by atoms with E-state index in [1.54, 1.807) is 18.2 Å². The van der Waals surface area contributed by atoms with Crippen molar-refractivity contribution in [3.05, 3.63) is 41.2 Å². The van der Waals surface area contributed by atoms with E-state index in [1.807, 2.05) is 6.92 Å². The van der Waals surface area contributed by atoms with E-state index >= 15 is 0 Å². The summed E-state index contributed by atoms with van der Waals surface area (Å²) in [6, 6.07) is 6.49. The first kappa shape index (κ1) is 20.2. The van der Waals surface area contributed by atoms with E-state index in [4.69, 9.17) is 18.9 Å². The van der Waals surface area contributed by atoms with Crippen LogP contribution in [0.15, 0.2) is 24.3 Å². The summed E-state index contributed by atoms with van der Waals surface area (Å²) in [7, 11) is 2.73. The lowest BCUT2D eigenvalue weighted by Crippen LogP contribution is -2.37. The third kappa shape index (κ3) is 3.72. The molecule has 0 saturated carbocycles. The molecule has 3 rings (SSSR count). The summed E-state index contributed by atoms with van der Waals surface area (Å²) in [5, 5.41) is 1.35. The number of Topliss-reactive ketones (excluding diaryl/α,β-unsaturated/α-hetero) is 1. The van der Waals surface area contributed by atoms with Gasteiger partial charge < -0.3 is 18.9 Å². The fraction of sp³-hybridized carbons (Fsp3) is 0.429. The summed E-state index contributed by atoms with van der Waals surface area (Å²) < 4.78 is 35.7. The minimum atomic E-state index is -1.10. The van der Waals surface area contributed by atoms with Gasteiger partial charge in [-0.25, -0.2) is 4.39 Å². The van der Waals surface area contributed by atoms with Gasteiger partial charge in [0.15, 0.2) is 12.6 Å². The van der Waals surface area contributed by atoms with Crippen LogP contribution in [0.5, 0.6) is 5.75 Å². The third-order valence-electron chi connectivity index (χ3n) is 4.93. The van der Waals surface area contributed by atoms with Crippen molar-refractivity contribution in [2.75, 3.05) is 27.6 Å². The minimum Gasteiger partial charge on any atom is -0.468 e. The first-order valence-electron chi connectivity index (χ1n) is 9.10. The van der Waals surface area contributed by atoms with Gasteiger partial charge in [-0.1, -0.05) is 13.0 Å². The zero-order valence-corrected chi connectivity index (χ0v) is 16.1. The summed E-state index contributed by atoms with van der Waals surface area (Å²) >= 11 is 0. The van der Waals surface area contributed by atoms with Crippen LogP contribution >= 0.6 is 0 Å². The zero-order valence-electron chi connectivity index (χ0n) is 16.1. The molecule has 28 heavy (non-hydrogen) atoms. The number of ketones is 1. The summed E-state index contributed by atoms with van der Waals surface area (Å²) in [4.78, 5) is 24.8. The molecule has 150 valence electrons. The van der Waals surface area contributed by atoms with Gasteiger partial charge >= 0.3 is 5.97 Å². The number of carbonyl (C=O) groups is 2. The van der Waals surface area contributed by atoms with E-state index in [9.17, 15) is 14.0 Å². The van der Waals surface area contributed by atoms with Crippen LogP contribution in [0.2, 0.25) is 0 Å². The van der Waals surface area contributed by atoms with Crippen molar-refractivity contribution in [1.82, 2.24) is 0 Å². The smallest absolute Gasteiger partial charge is 0.319 e. The van der Waals surface area contributed by atoms with Crippen LogP contribution in [-0.4, -0.2) is 39.4 Å². The number of carbonyl (C=O) groups excluding carboxylic acids is 2. The molecule has 2 aromatic rings. The Hall–Kier alpha value is -2.51. The number of benzene rings is 2. The molecule has 1 saturated heterocycles. The lowest BCUT2D eigenvalue weighted by atomic mass is 9.84. The van der Waals surface area contributed by atoms with E-state index < -0.39 is 18.0 Å². The van der Waals surface area contributed by atoms with E-state index in [0.29, 0.717) is 28.7 Å². The second kappa shape index (κ2) is 8.67. The molecule has 0 aromatic heterocycles. The van der Waals surface area contributed by atoms with Gasteiger partial charge in [0, 0.05) is 13.5 Å². The summed E-state index contributed by atoms with van der Waals surface area (Å²) in [6.07, 6.45) is -0.310. The van der Waals surface area contributed by atoms with Crippen LogP contribution in [0, 0.1) is 11.7 Å². The molecular weight excluding hydrogens is 367 g/mol. The molecule has 1 aliphatic heterocycles. The van der Waals surface area contributed by atoms with Gasteiger partial charge in [-0.05, 0) is 46.5 Å². The average Bonchev–Trinajstić information content (AvgIpc) is 2.71. The van der Waals surface area contributed by atoms with Gasteiger partial charge in [-0.3, -0.25) is 9.59 Å².